The van der Waals surface area contributed by atoms with E-state index < -0.39 is 11.0 Å². The Morgan fingerprint density at radius 1 is 1.03 bits per heavy atom. The van der Waals surface area contributed by atoms with Gasteiger partial charge in [0.25, 0.3) is 5.91 Å². The lowest BCUT2D eigenvalue weighted by molar-refractivity contribution is -0.187. The van der Waals surface area contributed by atoms with Gasteiger partial charge in [-0.3, -0.25) is 14.4 Å². The average molecular weight is 521 g/mol. The molecule has 2 aromatic carbocycles. The SMILES string of the molecule is CC(=O)Oc1cccc(C23CCN(C)CC2(OC(C)=O)CC[C@H](N(CC(C)C)C(=O)c2ccccc2)C3)c1. The first kappa shape index (κ1) is 27.8. The molecule has 1 amide bonds. The number of nitrogens with zero attached hydrogens (tertiary/aromatic N) is 2. The highest BCUT2D eigenvalue weighted by molar-refractivity contribution is 5.94. The first-order valence-electron chi connectivity index (χ1n) is 13.6. The molecular formula is C31H40N2O5. The number of hydrogen-bond acceptors (Lipinski definition) is 6. The van der Waals surface area contributed by atoms with E-state index in [1.165, 1.54) is 13.8 Å². The Labute approximate surface area is 226 Å². The monoisotopic (exact) mass is 520 g/mol. The van der Waals surface area contributed by atoms with Crippen LogP contribution in [0.3, 0.4) is 0 Å². The summed E-state index contributed by atoms with van der Waals surface area (Å²) in [5.41, 5.74) is 0.360. The zero-order valence-corrected chi connectivity index (χ0v) is 23.2. The van der Waals surface area contributed by atoms with E-state index in [1.54, 1.807) is 6.07 Å². The summed E-state index contributed by atoms with van der Waals surface area (Å²) in [4.78, 5) is 42.4. The number of carbonyl (C=O) groups excluding carboxylic acids is 3. The van der Waals surface area contributed by atoms with Crippen LogP contribution in [0.4, 0.5) is 0 Å². The van der Waals surface area contributed by atoms with Crippen LogP contribution in [0.2, 0.25) is 0 Å². The molecule has 1 saturated heterocycles. The normalized spacial score (nSPS) is 25.4. The second-order valence-electron chi connectivity index (χ2n) is 11.4. The van der Waals surface area contributed by atoms with Crippen molar-refractivity contribution >= 4 is 17.8 Å². The van der Waals surface area contributed by atoms with Crippen molar-refractivity contribution in [2.75, 3.05) is 26.7 Å². The highest BCUT2D eigenvalue weighted by Crippen LogP contribution is 2.54. The maximum absolute atomic E-state index is 13.8. The number of fused-ring (bicyclic) bond motifs is 1. The van der Waals surface area contributed by atoms with Crippen LogP contribution in [0.5, 0.6) is 5.75 Å². The van der Waals surface area contributed by atoms with Crippen molar-refractivity contribution in [3.05, 3.63) is 65.7 Å². The summed E-state index contributed by atoms with van der Waals surface area (Å²) in [7, 11) is 2.06. The molecule has 2 unspecified atom stereocenters. The van der Waals surface area contributed by atoms with Gasteiger partial charge in [0, 0.05) is 44.0 Å². The lowest BCUT2D eigenvalue weighted by atomic mass is 9.55. The predicted molar refractivity (Wildman–Crippen MR) is 146 cm³/mol. The Balaban J connectivity index is 1.81. The fourth-order valence-electron chi connectivity index (χ4n) is 6.59. The molecule has 3 atom stereocenters. The summed E-state index contributed by atoms with van der Waals surface area (Å²) < 4.78 is 11.8. The van der Waals surface area contributed by atoms with Crippen molar-refractivity contribution in [3.8, 4) is 5.75 Å². The summed E-state index contributed by atoms with van der Waals surface area (Å²) in [6.07, 6.45) is 2.78. The molecule has 0 aromatic heterocycles. The molecule has 0 radical (unpaired) electrons. The van der Waals surface area contributed by atoms with Gasteiger partial charge in [0.05, 0.1) is 0 Å². The number of likely N-dealkylation sites (tertiary alicyclic amines) is 1. The van der Waals surface area contributed by atoms with Gasteiger partial charge in [0.15, 0.2) is 0 Å². The third-order valence-electron chi connectivity index (χ3n) is 8.05. The molecule has 1 saturated carbocycles. The molecule has 2 aromatic rings. The molecule has 2 fully saturated rings. The standard InChI is InChI=1S/C31H40N2O5/c1-22(2)20-33(29(36)25-10-7-6-8-11-25)27-14-15-31(38-24(4)35)21-32(5)17-16-30(31,19-27)26-12-9-13-28(18-26)37-23(3)34/h6-13,18,22,27H,14-17,19-21H2,1-5H3/t27-,30?,31?/m0/s1. The van der Waals surface area contributed by atoms with Crippen LogP contribution in [0, 0.1) is 5.92 Å². The van der Waals surface area contributed by atoms with Crippen molar-refractivity contribution in [2.24, 2.45) is 5.92 Å². The highest BCUT2D eigenvalue weighted by Gasteiger charge is 2.61. The predicted octanol–water partition coefficient (Wildman–Crippen LogP) is 4.84. The molecule has 38 heavy (non-hydrogen) atoms. The molecule has 7 nitrogen and oxygen atoms in total. The first-order valence-corrected chi connectivity index (χ1v) is 13.6. The number of benzene rings is 2. The number of hydrogen-bond donors (Lipinski definition) is 0. The Morgan fingerprint density at radius 2 is 1.76 bits per heavy atom. The number of ether oxygens (including phenoxy) is 2. The summed E-state index contributed by atoms with van der Waals surface area (Å²) in [5, 5.41) is 0. The molecule has 4 rings (SSSR count). The largest absolute Gasteiger partial charge is 0.457 e. The maximum Gasteiger partial charge on any atom is 0.308 e. The van der Waals surface area contributed by atoms with Gasteiger partial charge in [-0.15, -0.1) is 0 Å². The van der Waals surface area contributed by atoms with Gasteiger partial charge in [-0.1, -0.05) is 44.2 Å². The topological polar surface area (TPSA) is 76.2 Å². The number of likely N-dealkylation sites (N-methyl/N-ethyl adjacent to an activating group) is 1. The van der Waals surface area contributed by atoms with Gasteiger partial charge in [-0.25, -0.2) is 0 Å². The van der Waals surface area contributed by atoms with Gasteiger partial charge in [-0.05, 0) is 75.0 Å². The van der Waals surface area contributed by atoms with Crippen molar-refractivity contribution in [3.63, 3.8) is 0 Å². The quantitative estimate of drug-likeness (QED) is 0.384. The first-order chi connectivity index (χ1) is 18.0. The number of amides is 1. The molecule has 1 aliphatic carbocycles. The number of carbonyl (C=O) groups is 3. The Kier molecular flexibility index (Phi) is 8.26. The lowest BCUT2D eigenvalue weighted by Gasteiger charge is -2.60. The van der Waals surface area contributed by atoms with Crippen LogP contribution < -0.4 is 4.74 Å². The Hall–Kier alpha value is -3.19. The number of piperidine rings is 1. The molecule has 1 heterocycles. The lowest BCUT2D eigenvalue weighted by Crippen LogP contribution is -2.68. The van der Waals surface area contributed by atoms with E-state index in [-0.39, 0.29) is 23.9 Å². The molecule has 1 aliphatic heterocycles. The molecule has 7 heteroatoms. The fourth-order valence-corrected chi connectivity index (χ4v) is 6.59. The van der Waals surface area contributed by atoms with E-state index in [0.29, 0.717) is 43.2 Å². The van der Waals surface area contributed by atoms with E-state index in [0.717, 1.165) is 24.9 Å². The second kappa shape index (κ2) is 11.3. The van der Waals surface area contributed by atoms with Gasteiger partial charge in [0.1, 0.15) is 11.4 Å². The zero-order valence-electron chi connectivity index (χ0n) is 23.2. The van der Waals surface area contributed by atoms with E-state index in [9.17, 15) is 14.4 Å². The van der Waals surface area contributed by atoms with Crippen LogP contribution >= 0.6 is 0 Å². The van der Waals surface area contributed by atoms with Gasteiger partial charge < -0.3 is 19.3 Å². The molecule has 0 spiro atoms. The average Bonchev–Trinajstić information content (AvgIpc) is 2.86. The van der Waals surface area contributed by atoms with Gasteiger partial charge in [0.2, 0.25) is 0 Å². The summed E-state index contributed by atoms with van der Waals surface area (Å²) >= 11 is 0. The summed E-state index contributed by atoms with van der Waals surface area (Å²) in [5.74, 6) is 0.108. The number of esters is 2. The van der Waals surface area contributed by atoms with Crippen molar-refractivity contribution in [2.45, 2.75) is 70.4 Å². The van der Waals surface area contributed by atoms with Crippen LogP contribution in [0.15, 0.2) is 54.6 Å². The number of rotatable bonds is 7. The minimum atomic E-state index is -0.753. The van der Waals surface area contributed by atoms with Crippen LogP contribution in [-0.2, 0) is 19.7 Å². The third-order valence-corrected chi connectivity index (χ3v) is 8.05. The van der Waals surface area contributed by atoms with E-state index in [1.807, 2.05) is 53.4 Å². The minimum Gasteiger partial charge on any atom is -0.457 e. The summed E-state index contributed by atoms with van der Waals surface area (Å²) in [6.45, 7) is 9.19. The van der Waals surface area contributed by atoms with Crippen molar-refractivity contribution in [1.82, 2.24) is 9.80 Å². The molecule has 0 N–H and O–H groups in total. The van der Waals surface area contributed by atoms with E-state index in [4.69, 9.17) is 9.47 Å². The molecule has 204 valence electrons. The highest BCUT2D eigenvalue weighted by atomic mass is 16.6. The Morgan fingerprint density at radius 3 is 2.42 bits per heavy atom. The molecular weight excluding hydrogens is 480 g/mol. The fraction of sp³-hybridized carbons (Fsp3) is 0.516. The zero-order chi connectivity index (χ0) is 27.5. The van der Waals surface area contributed by atoms with Crippen LogP contribution in [-0.4, -0.2) is 66.0 Å². The molecule has 0 bridgehead atoms. The van der Waals surface area contributed by atoms with Crippen LogP contribution in [0.25, 0.3) is 0 Å². The summed E-state index contributed by atoms with van der Waals surface area (Å²) in [6, 6.07) is 17.0. The maximum atomic E-state index is 13.8. The third kappa shape index (κ3) is 5.63. The van der Waals surface area contributed by atoms with Gasteiger partial charge in [-0.2, -0.15) is 0 Å². The Bertz CT molecular complexity index is 1170. The van der Waals surface area contributed by atoms with E-state index in [2.05, 4.69) is 25.8 Å². The van der Waals surface area contributed by atoms with Crippen molar-refractivity contribution < 1.29 is 23.9 Å². The van der Waals surface area contributed by atoms with Crippen molar-refractivity contribution in [1.29, 1.82) is 0 Å². The minimum absolute atomic E-state index is 0.0287. The molecule has 2 aliphatic rings. The van der Waals surface area contributed by atoms with Crippen LogP contribution in [0.1, 0.15) is 69.3 Å². The second-order valence-corrected chi connectivity index (χ2v) is 11.4. The smallest absolute Gasteiger partial charge is 0.308 e. The van der Waals surface area contributed by atoms with E-state index >= 15 is 0 Å². The van der Waals surface area contributed by atoms with Gasteiger partial charge >= 0.3 is 11.9 Å².